The Morgan fingerprint density at radius 3 is 1.23 bits per heavy atom. The van der Waals surface area contributed by atoms with Crippen LogP contribution in [-0.4, -0.2) is 0 Å². The van der Waals surface area contributed by atoms with Crippen molar-refractivity contribution in [3.63, 3.8) is 0 Å². The Hall–Kier alpha value is -2.86. The molecule has 0 N–H and O–H groups in total. The predicted octanol–water partition coefficient (Wildman–Crippen LogP) is 8.07. The second-order valence-corrected chi connectivity index (χ2v) is 9.74. The summed E-state index contributed by atoms with van der Waals surface area (Å²) in [6.45, 7) is 9.35. The maximum atomic E-state index is 2.56. The molecule has 0 heteroatoms. The van der Waals surface area contributed by atoms with E-state index in [1.54, 1.807) is 0 Å². The first kappa shape index (κ1) is 18.0. The van der Waals surface area contributed by atoms with Crippen molar-refractivity contribution in [3.8, 4) is 0 Å². The van der Waals surface area contributed by atoms with E-state index in [2.05, 4.69) is 100 Å². The summed E-state index contributed by atoms with van der Waals surface area (Å²) < 4.78 is 0. The molecule has 0 aliphatic heterocycles. The molecule has 0 amide bonds. The lowest BCUT2D eigenvalue weighted by atomic mass is 9.60. The topological polar surface area (TPSA) is 0 Å². The van der Waals surface area contributed by atoms with Crippen LogP contribution in [0.15, 0.2) is 72.8 Å². The van der Waals surface area contributed by atoms with Crippen LogP contribution < -0.4 is 0 Å². The first-order chi connectivity index (χ1) is 14.5. The van der Waals surface area contributed by atoms with Gasteiger partial charge in [0.05, 0.1) is 0 Å². The summed E-state index contributed by atoms with van der Waals surface area (Å²) in [6, 6.07) is 28.0. The van der Waals surface area contributed by atoms with Gasteiger partial charge in [0.2, 0.25) is 0 Å². The molecular weight excluding hydrogens is 360 g/mol. The van der Waals surface area contributed by atoms with Crippen LogP contribution >= 0.6 is 0 Å². The molecule has 0 nitrogen and oxygen atoms in total. The third-order valence-corrected chi connectivity index (χ3v) is 7.35. The summed E-state index contributed by atoms with van der Waals surface area (Å²) in [5.74, 6) is 1.78. The van der Waals surface area contributed by atoms with Gasteiger partial charge in [0.1, 0.15) is 0 Å². The van der Waals surface area contributed by atoms with Crippen molar-refractivity contribution in [1.82, 2.24) is 0 Å². The van der Waals surface area contributed by atoms with Gasteiger partial charge in [-0.15, -0.1) is 0 Å². The predicted molar refractivity (Wildman–Crippen MR) is 127 cm³/mol. The molecule has 0 radical (unpaired) electrons. The minimum atomic E-state index is 0.347. The Labute approximate surface area is 179 Å². The molecule has 0 saturated carbocycles. The van der Waals surface area contributed by atoms with Crippen molar-refractivity contribution in [2.75, 3.05) is 0 Å². The number of benzene rings is 4. The zero-order valence-corrected chi connectivity index (χ0v) is 18.2. The van der Waals surface area contributed by atoms with Crippen LogP contribution in [0.5, 0.6) is 0 Å². The van der Waals surface area contributed by atoms with E-state index >= 15 is 0 Å². The monoisotopic (exact) mass is 388 g/mol. The fourth-order valence-electron chi connectivity index (χ4n) is 5.99. The second kappa shape index (κ2) is 6.32. The van der Waals surface area contributed by atoms with Gasteiger partial charge >= 0.3 is 0 Å². The number of fused-ring (bicyclic) bond motifs is 1. The Kier molecular flexibility index (Phi) is 3.78. The summed E-state index contributed by atoms with van der Waals surface area (Å²) in [5, 5.41) is 2.71. The van der Waals surface area contributed by atoms with Crippen molar-refractivity contribution in [1.29, 1.82) is 0 Å². The van der Waals surface area contributed by atoms with Crippen LogP contribution in [0.2, 0.25) is 0 Å². The van der Waals surface area contributed by atoms with E-state index in [4.69, 9.17) is 0 Å². The Morgan fingerprint density at radius 1 is 0.467 bits per heavy atom. The molecule has 30 heavy (non-hydrogen) atoms. The van der Waals surface area contributed by atoms with E-state index in [0.29, 0.717) is 23.7 Å². The van der Waals surface area contributed by atoms with Crippen LogP contribution in [0.25, 0.3) is 10.8 Å². The summed E-state index contributed by atoms with van der Waals surface area (Å²) in [6.07, 6.45) is 0. The smallest absolute Gasteiger partial charge is 0.0349 e. The lowest BCUT2D eigenvalue weighted by Gasteiger charge is -2.43. The number of rotatable bonds is 2. The minimum Gasteiger partial charge on any atom is -0.0619 e. The number of hydrogen-bond donors (Lipinski definition) is 0. The zero-order chi connectivity index (χ0) is 20.6. The number of hydrogen-bond acceptors (Lipinski definition) is 0. The van der Waals surface area contributed by atoms with Gasteiger partial charge in [0.25, 0.3) is 0 Å². The molecule has 7 rings (SSSR count). The molecule has 4 aromatic carbocycles. The van der Waals surface area contributed by atoms with E-state index in [-0.39, 0.29) is 0 Å². The average molecular weight is 389 g/mol. The van der Waals surface area contributed by atoms with E-state index in [9.17, 15) is 0 Å². The molecule has 3 aliphatic rings. The molecule has 3 aliphatic carbocycles. The van der Waals surface area contributed by atoms with Crippen LogP contribution in [-0.2, 0) is 0 Å². The molecule has 0 fully saturated rings. The first-order valence-electron chi connectivity index (χ1n) is 11.3. The van der Waals surface area contributed by atoms with Gasteiger partial charge in [-0.1, -0.05) is 88.4 Å². The summed E-state index contributed by atoms with van der Waals surface area (Å²) in [4.78, 5) is 0. The Morgan fingerprint density at radius 2 is 0.833 bits per heavy atom. The Balaban J connectivity index is 1.70. The van der Waals surface area contributed by atoms with E-state index < -0.39 is 0 Å². The van der Waals surface area contributed by atoms with Gasteiger partial charge in [-0.2, -0.15) is 0 Å². The van der Waals surface area contributed by atoms with Gasteiger partial charge in [-0.3, -0.25) is 0 Å². The van der Waals surface area contributed by atoms with Gasteiger partial charge in [-0.05, 0) is 79.2 Å². The second-order valence-electron chi connectivity index (χ2n) is 9.74. The van der Waals surface area contributed by atoms with Crippen molar-refractivity contribution >= 4 is 10.8 Å². The van der Waals surface area contributed by atoms with Gasteiger partial charge in [0.15, 0.2) is 0 Å². The SMILES string of the molecule is CC(C)c1cc2c(cc1C(C)C)[C@@H]1c3ccccc3[C@@H]2c2cc3ccccc3cc21. The van der Waals surface area contributed by atoms with E-state index in [1.165, 1.54) is 55.3 Å². The molecule has 2 bridgehead atoms. The fourth-order valence-corrected chi connectivity index (χ4v) is 5.99. The highest BCUT2D eigenvalue weighted by Gasteiger charge is 2.42. The highest BCUT2D eigenvalue weighted by molar-refractivity contribution is 5.87. The van der Waals surface area contributed by atoms with Crippen LogP contribution in [0, 0.1) is 0 Å². The lowest BCUT2D eigenvalue weighted by molar-refractivity contribution is 0.730. The van der Waals surface area contributed by atoms with Crippen LogP contribution in [0.3, 0.4) is 0 Å². The van der Waals surface area contributed by atoms with Crippen LogP contribution in [0.1, 0.15) is 95.9 Å². The molecule has 0 spiro atoms. The van der Waals surface area contributed by atoms with Crippen molar-refractivity contribution in [3.05, 3.63) is 117 Å². The van der Waals surface area contributed by atoms with Gasteiger partial charge in [0, 0.05) is 11.8 Å². The highest BCUT2D eigenvalue weighted by Crippen LogP contribution is 2.57. The van der Waals surface area contributed by atoms with Crippen LogP contribution in [0.4, 0.5) is 0 Å². The van der Waals surface area contributed by atoms with E-state index in [1.807, 2.05) is 0 Å². The normalized spacial score (nSPS) is 18.6. The fraction of sp³-hybridized carbons (Fsp3) is 0.267. The largest absolute Gasteiger partial charge is 0.0619 e. The maximum Gasteiger partial charge on any atom is 0.0349 e. The standard InChI is InChI=1S/C30H28/c1-17(2)23-15-27-28(16-24(23)18(3)4)30-22-12-8-7-11-21(22)29(27)25-13-19-9-5-6-10-20(19)14-26(25)30/h5-18,29-30H,1-4H3/t29-,30-/m1/s1. The van der Waals surface area contributed by atoms with Gasteiger partial charge < -0.3 is 0 Å². The quantitative estimate of drug-likeness (QED) is 0.281. The maximum absolute atomic E-state index is 2.56. The highest BCUT2D eigenvalue weighted by atomic mass is 14.4. The molecule has 0 unspecified atom stereocenters. The zero-order valence-electron chi connectivity index (χ0n) is 18.2. The van der Waals surface area contributed by atoms with Crippen molar-refractivity contribution in [2.45, 2.75) is 51.4 Å². The average Bonchev–Trinajstić information content (AvgIpc) is 2.76. The lowest BCUT2D eigenvalue weighted by Crippen LogP contribution is -2.28. The summed E-state index contributed by atoms with van der Waals surface area (Å²) in [7, 11) is 0. The Bertz CT molecular complexity index is 1200. The summed E-state index contributed by atoms with van der Waals surface area (Å²) in [5.41, 5.74) is 12.2. The molecule has 0 saturated heterocycles. The molecule has 2 atom stereocenters. The minimum absolute atomic E-state index is 0.347. The first-order valence-corrected chi connectivity index (χ1v) is 11.3. The van der Waals surface area contributed by atoms with Crippen molar-refractivity contribution < 1.29 is 0 Å². The molecule has 0 aromatic heterocycles. The molecule has 4 aromatic rings. The summed E-state index contributed by atoms with van der Waals surface area (Å²) >= 11 is 0. The van der Waals surface area contributed by atoms with Crippen molar-refractivity contribution in [2.24, 2.45) is 0 Å². The molecular formula is C30H28. The van der Waals surface area contributed by atoms with Gasteiger partial charge in [-0.25, -0.2) is 0 Å². The molecule has 0 heterocycles. The molecule has 148 valence electrons. The van der Waals surface area contributed by atoms with E-state index in [0.717, 1.165) is 0 Å². The third kappa shape index (κ3) is 2.34. The third-order valence-electron chi connectivity index (χ3n) is 7.35.